The third kappa shape index (κ3) is 0.688. The van der Waals surface area contributed by atoms with Crippen LogP contribution >= 0.6 is 15.9 Å². The summed E-state index contributed by atoms with van der Waals surface area (Å²) in [6.45, 7) is 6.61. The van der Waals surface area contributed by atoms with E-state index < -0.39 is 0 Å². The summed E-state index contributed by atoms with van der Waals surface area (Å²) in [4.78, 5) is 12.2. The smallest absolute Gasteiger partial charge is 0.140 e. The minimum atomic E-state index is -0.0995. The van der Waals surface area contributed by atoms with Crippen LogP contribution < -0.4 is 0 Å². The maximum absolute atomic E-state index is 11.8. The van der Waals surface area contributed by atoms with E-state index in [-0.39, 0.29) is 10.8 Å². The van der Waals surface area contributed by atoms with Gasteiger partial charge in [-0.1, -0.05) is 36.7 Å². The summed E-state index contributed by atoms with van der Waals surface area (Å²) in [5.41, 5.74) is 0.107. The van der Waals surface area contributed by atoms with Crippen molar-refractivity contribution in [1.82, 2.24) is 0 Å². The van der Waals surface area contributed by atoms with Crippen LogP contribution in [0, 0.1) is 16.7 Å². The minimum absolute atomic E-state index is 0.0995. The lowest BCUT2D eigenvalue weighted by Gasteiger charge is -2.35. The number of carbonyl (C=O) groups excluding carboxylic acids is 1. The second kappa shape index (κ2) is 2.14. The molecule has 0 aliphatic heterocycles. The van der Waals surface area contributed by atoms with Gasteiger partial charge in [0.25, 0.3) is 0 Å². The molecule has 0 N–H and O–H groups in total. The van der Waals surface area contributed by atoms with Gasteiger partial charge in [0.05, 0.1) is 0 Å². The van der Waals surface area contributed by atoms with Gasteiger partial charge in [0.15, 0.2) is 0 Å². The van der Waals surface area contributed by atoms with Crippen molar-refractivity contribution >= 4 is 21.7 Å². The molecule has 12 heavy (non-hydrogen) atoms. The average Bonchev–Trinajstić information content (AvgIpc) is 2.20. The maximum atomic E-state index is 11.8. The quantitative estimate of drug-likeness (QED) is 0.586. The molecule has 0 saturated heterocycles. The first-order valence-electron chi connectivity index (χ1n) is 4.58. The van der Waals surface area contributed by atoms with E-state index in [2.05, 4.69) is 36.7 Å². The van der Waals surface area contributed by atoms with Gasteiger partial charge >= 0.3 is 0 Å². The lowest BCUT2D eigenvalue weighted by atomic mass is 9.70. The third-order valence-corrected chi connectivity index (χ3v) is 5.78. The first-order chi connectivity index (χ1) is 5.40. The fraction of sp³-hybridized carbons (Fsp3) is 0.900. The van der Waals surface area contributed by atoms with Gasteiger partial charge in [-0.3, -0.25) is 4.79 Å². The molecule has 2 saturated carbocycles. The van der Waals surface area contributed by atoms with Crippen LogP contribution in [0.2, 0.25) is 0 Å². The Labute approximate surface area is 82.0 Å². The Morgan fingerprint density at radius 3 is 2.25 bits per heavy atom. The molecule has 0 aromatic heterocycles. The lowest BCUT2D eigenvalue weighted by molar-refractivity contribution is -0.127. The molecule has 2 bridgehead atoms. The van der Waals surface area contributed by atoms with Gasteiger partial charge in [-0.15, -0.1) is 0 Å². The zero-order valence-corrected chi connectivity index (χ0v) is 9.44. The monoisotopic (exact) mass is 230 g/mol. The fourth-order valence-electron chi connectivity index (χ4n) is 2.92. The highest BCUT2D eigenvalue weighted by Gasteiger charge is 2.65. The fourth-order valence-corrected chi connectivity index (χ4v) is 4.21. The molecule has 0 unspecified atom stereocenters. The SMILES string of the molecule is CC1(C)[C@H]2CC(=O)[C@@]1(C)[C@H](Br)C2. The molecule has 0 spiro atoms. The number of Topliss-reactive ketones (excluding diaryl/α,β-unsaturated/α-hetero) is 1. The zero-order chi connectivity index (χ0) is 9.15. The maximum Gasteiger partial charge on any atom is 0.140 e. The van der Waals surface area contributed by atoms with Gasteiger partial charge in [-0.25, -0.2) is 0 Å². The van der Waals surface area contributed by atoms with Crippen molar-refractivity contribution in [1.29, 1.82) is 0 Å². The van der Waals surface area contributed by atoms with Crippen LogP contribution in [0.3, 0.4) is 0 Å². The molecule has 0 amide bonds. The number of fused-ring (bicyclic) bond motifs is 2. The standard InChI is InChI=1S/C10H15BrO/c1-9(2)6-4-7(11)10(9,3)8(12)5-6/h6-7H,4-5H2,1-3H3/t6-,7-,10-/m1/s1. The second-order valence-corrected chi connectivity index (χ2v) is 6.06. The van der Waals surface area contributed by atoms with Crippen molar-refractivity contribution in [3.05, 3.63) is 0 Å². The average molecular weight is 231 g/mol. The van der Waals surface area contributed by atoms with Gasteiger partial charge < -0.3 is 0 Å². The molecule has 2 rings (SSSR count). The molecule has 0 heterocycles. The topological polar surface area (TPSA) is 17.1 Å². The van der Waals surface area contributed by atoms with E-state index in [0.29, 0.717) is 16.5 Å². The molecule has 3 atom stereocenters. The Morgan fingerprint density at radius 1 is 1.42 bits per heavy atom. The Balaban J connectivity index is 2.51. The summed E-state index contributed by atoms with van der Waals surface area (Å²) < 4.78 is 0. The first-order valence-corrected chi connectivity index (χ1v) is 5.49. The van der Waals surface area contributed by atoms with Gasteiger partial charge in [0.1, 0.15) is 5.78 Å². The number of rotatable bonds is 0. The summed E-state index contributed by atoms with van der Waals surface area (Å²) in [7, 11) is 0. The number of ketones is 1. The van der Waals surface area contributed by atoms with Crippen molar-refractivity contribution in [2.75, 3.05) is 0 Å². The van der Waals surface area contributed by atoms with Crippen molar-refractivity contribution in [2.45, 2.75) is 38.4 Å². The molecule has 2 heteroatoms. The summed E-state index contributed by atoms with van der Waals surface area (Å²) in [5.74, 6) is 1.07. The van der Waals surface area contributed by atoms with E-state index in [4.69, 9.17) is 0 Å². The Kier molecular flexibility index (Phi) is 1.56. The minimum Gasteiger partial charge on any atom is -0.299 e. The van der Waals surface area contributed by atoms with Crippen molar-refractivity contribution in [2.24, 2.45) is 16.7 Å². The van der Waals surface area contributed by atoms with Gasteiger partial charge in [-0.2, -0.15) is 0 Å². The van der Waals surface area contributed by atoms with Gasteiger partial charge in [-0.05, 0) is 17.8 Å². The van der Waals surface area contributed by atoms with E-state index in [9.17, 15) is 4.79 Å². The van der Waals surface area contributed by atoms with Crippen LogP contribution in [-0.2, 0) is 4.79 Å². The van der Waals surface area contributed by atoms with Crippen LogP contribution in [-0.4, -0.2) is 10.6 Å². The van der Waals surface area contributed by atoms with Crippen molar-refractivity contribution < 1.29 is 4.79 Å². The van der Waals surface area contributed by atoms with E-state index in [1.807, 2.05) is 0 Å². The molecule has 0 aromatic rings. The molecule has 68 valence electrons. The molecule has 2 fully saturated rings. The van der Waals surface area contributed by atoms with Gasteiger partial charge in [0, 0.05) is 16.7 Å². The van der Waals surface area contributed by atoms with Crippen molar-refractivity contribution in [3.63, 3.8) is 0 Å². The summed E-state index contributed by atoms with van der Waals surface area (Å²) >= 11 is 3.65. The number of alkyl halides is 1. The summed E-state index contributed by atoms with van der Waals surface area (Å²) in [5, 5.41) is 0. The molecule has 1 nitrogen and oxygen atoms in total. The molecule has 0 radical (unpaired) electrons. The third-order valence-electron chi connectivity index (χ3n) is 4.49. The predicted octanol–water partition coefficient (Wildman–Crippen LogP) is 2.78. The van der Waals surface area contributed by atoms with E-state index >= 15 is 0 Å². The Morgan fingerprint density at radius 2 is 2.00 bits per heavy atom. The van der Waals surface area contributed by atoms with E-state index in [1.54, 1.807) is 0 Å². The number of carbonyl (C=O) groups is 1. The first kappa shape index (κ1) is 8.74. The molecule has 2 aliphatic rings. The van der Waals surface area contributed by atoms with E-state index in [0.717, 1.165) is 6.42 Å². The second-order valence-electron chi connectivity index (χ2n) is 4.95. The van der Waals surface area contributed by atoms with Crippen LogP contribution in [0.1, 0.15) is 33.6 Å². The van der Waals surface area contributed by atoms with Crippen LogP contribution in [0.5, 0.6) is 0 Å². The Bertz CT molecular complexity index is 246. The highest BCUT2D eigenvalue weighted by molar-refractivity contribution is 9.09. The molecular weight excluding hydrogens is 216 g/mol. The van der Waals surface area contributed by atoms with Crippen LogP contribution in [0.4, 0.5) is 0 Å². The number of hydrogen-bond donors (Lipinski definition) is 0. The van der Waals surface area contributed by atoms with Crippen LogP contribution in [0.25, 0.3) is 0 Å². The highest BCUT2D eigenvalue weighted by Crippen LogP contribution is 2.65. The highest BCUT2D eigenvalue weighted by atomic mass is 79.9. The molecule has 0 aromatic carbocycles. The molecular formula is C10H15BrO. The largest absolute Gasteiger partial charge is 0.299 e. The van der Waals surface area contributed by atoms with Crippen molar-refractivity contribution in [3.8, 4) is 0 Å². The Hall–Kier alpha value is 0.150. The molecule has 2 aliphatic carbocycles. The predicted molar refractivity (Wildman–Crippen MR) is 52.3 cm³/mol. The van der Waals surface area contributed by atoms with Gasteiger partial charge in [0.2, 0.25) is 0 Å². The van der Waals surface area contributed by atoms with Crippen LogP contribution in [0.15, 0.2) is 0 Å². The number of hydrogen-bond acceptors (Lipinski definition) is 1. The number of halogens is 1. The zero-order valence-electron chi connectivity index (χ0n) is 7.86. The lowest BCUT2D eigenvalue weighted by Crippen LogP contribution is -2.38. The van der Waals surface area contributed by atoms with E-state index in [1.165, 1.54) is 6.42 Å². The summed E-state index contributed by atoms with van der Waals surface area (Å²) in [6.07, 6.45) is 1.99. The normalized spacial score (nSPS) is 50.2. The summed E-state index contributed by atoms with van der Waals surface area (Å²) in [6, 6.07) is 0.